The molecule has 0 aliphatic carbocycles. The maximum Gasteiger partial charge on any atom is 0.0331 e. The molecule has 4 heterocycles. The third-order valence-electron chi connectivity index (χ3n) is 4.16. The second-order valence-electron chi connectivity index (χ2n) is 5.76. The minimum Gasteiger partial charge on any atom is -0.304 e. The molecule has 4 rings (SSSR count). The largest absolute Gasteiger partial charge is 0.304 e. The number of aryl methyl sites for hydroxylation is 1. The van der Waals surface area contributed by atoms with Crippen LogP contribution in [0.1, 0.15) is 22.6 Å². The van der Waals surface area contributed by atoms with Gasteiger partial charge in [-0.15, -0.1) is 11.3 Å². The number of hydrogen-bond acceptors (Lipinski definition) is 3. The Morgan fingerprint density at radius 2 is 2.12 bits per heavy atom. The first-order chi connectivity index (χ1) is 8.20. The van der Waals surface area contributed by atoms with E-state index in [9.17, 15) is 0 Å². The molecular formula is C14H22N2S. The highest BCUT2D eigenvalue weighted by Gasteiger charge is 2.33. The summed E-state index contributed by atoms with van der Waals surface area (Å²) in [5, 5.41) is 0. The lowest BCUT2D eigenvalue weighted by molar-refractivity contribution is 0.125. The van der Waals surface area contributed by atoms with Crippen molar-refractivity contribution in [3.05, 3.63) is 21.9 Å². The van der Waals surface area contributed by atoms with E-state index in [4.69, 9.17) is 0 Å². The number of likely N-dealkylation sites (N-methyl/N-ethyl adjacent to an activating group) is 1. The van der Waals surface area contributed by atoms with Crippen LogP contribution in [-0.2, 0) is 6.54 Å². The van der Waals surface area contributed by atoms with Gasteiger partial charge in [-0.2, -0.15) is 0 Å². The molecule has 17 heavy (non-hydrogen) atoms. The molecule has 2 atom stereocenters. The minimum atomic E-state index is 0.793. The Morgan fingerprint density at radius 3 is 2.88 bits per heavy atom. The van der Waals surface area contributed by atoms with Gasteiger partial charge in [0, 0.05) is 42.0 Å². The predicted octanol–water partition coefficient (Wildman–Crippen LogP) is 2.58. The quantitative estimate of drug-likeness (QED) is 0.796. The van der Waals surface area contributed by atoms with Crippen molar-refractivity contribution in [2.24, 2.45) is 5.92 Å². The van der Waals surface area contributed by atoms with Gasteiger partial charge >= 0.3 is 0 Å². The Morgan fingerprint density at radius 1 is 1.24 bits per heavy atom. The van der Waals surface area contributed by atoms with Crippen LogP contribution in [0.3, 0.4) is 0 Å². The van der Waals surface area contributed by atoms with Crippen LogP contribution >= 0.6 is 11.3 Å². The molecule has 0 unspecified atom stereocenters. The Bertz CT molecular complexity index is 387. The molecule has 0 amide bonds. The molecule has 0 aromatic carbocycles. The summed E-state index contributed by atoms with van der Waals surface area (Å²) >= 11 is 1.96. The van der Waals surface area contributed by atoms with E-state index in [1.165, 1.54) is 48.8 Å². The molecule has 1 aromatic rings. The Hall–Kier alpha value is -0.380. The van der Waals surface area contributed by atoms with Crippen molar-refractivity contribution in [1.82, 2.24) is 9.80 Å². The van der Waals surface area contributed by atoms with Gasteiger partial charge in [-0.25, -0.2) is 0 Å². The van der Waals surface area contributed by atoms with Gasteiger partial charge in [-0.1, -0.05) is 0 Å². The number of piperidine rings is 1. The third kappa shape index (κ3) is 2.56. The lowest BCUT2D eigenvalue weighted by Crippen LogP contribution is -2.42. The summed E-state index contributed by atoms with van der Waals surface area (Å²) in [4.78, 5) is 8.24. The van der Waals surface area contributed by atoms with Crippen LogP contribution in [0, 0.1) is 12.8 Å². The summed E-state index contributed by atoms with van der Waals surface area (Å²) in [6.07, 6.45) is 2.84. The average molecular weight is 250 g/mol. The van der Waals surface area contributed by atoms with Gasteiger partial charge in [0.05, 0.1) is 0 Å². The van der Waals surface area contributed by atoms with Crippen molar-refractivity contribution in [3.63, 3.8) is 0 Å². The molecule has 2 bridgehead atoms. The minimum absolute atomic E-state index is 0.793. The fraction of sp³-hybridized carbons (Fsp3) is 0.714. The second-order valence-corrected chi connectivity index (χ2v) is 7.13. The van der Waals surface area contributed by atoms with Gasteiger partial charge in [0.1, 0.15) is 0 Å². The van der Waals surface area contributed by atoms with Crippen molar-refractivity contribution in [2.45, 2.75) is 32.4 Å². The number of hydrogen-bond donors (Lipinski definition) is 0. The molecule has 2 nitrogen and oxygen atoms in total. The zero-order valence-electron chi connectivity index (χ0n) is 10.9. The van der Waals surface area contributed by atoms with Crippen LogP contribution in [0.4, 0.5) is 0 Å². The smallest absolute Gasteiger partial charge is 0.0331 e. The number of rotatable bonds is 2. The first-order valence-electron chi connectivity index (χ1n) is 6.68. The summed E-state index contributed by atoms with van der Waals surface area (Å²) in [5.41, 5.74) is 0. The van der Waals surface area contributed by atoms with E-state index in [0.717, 1.165) is 12.0 Å². The maximum absolute atomic E-state index is 2.73. The van der Waals surface area contributed by atoms with E-state index < -0.39 is 0 Å². The van der Waals surface area contributed by atoms with Gasteiger partial charge in [0.2, 0.25) is 0 Å². The van der Waals surface area contributed by atoms with Gasteiger partial charge in [0.25, 0.3) is 0 Å². The summed E-state index contributed by atoms with van der Waals surface area (Å²) in [5.74, 6) is 0.903. The SMILES string of the molecule is Cc1ccc(CN2C[C@H]3CC[C@@H]2CN(C)C3)s1. The summed E-state index contributed by atoms with van der Waals surface area (Å²) in [7, 11) is 2.28. The van der Waals surface area contributed by atoms with E-state index in [1.54, 1.807) is 0 Å². The van der Waals surface area contributed by atoms with E-state index >= 15 is 0 Å². The van der Waals surface area contributed by atoms with Gasteiger partial charge in [0.15, 0.2) is 0 Å². The molecule has 3 aliphatic heterocycles. The van der Waals surface area contributed by atoms with E-state index in [1.807, 2.05) is 11.3 Å². The van der Waals surface area contributed by atoms with Crippen molar-refractivity contribution >= 4 is 11.3 Å². The molecular weight excluding hydrogens is 228 g/mol. The number of nitrogens with zero attached hydrogens (tertiary/aromatic N) is 2. The molecule has 94 valence electrons. The first kappa shape index (κ1) is 11.7. The lowest BCUT2D eigenvalue weighted by atomic mass is 9.95. The second kappa shape index (κ2) is 4.71. The first-order valence-corrected chi connectivity index (χ1v) is 7.50. The highest BCUT2D eigenvalue weighted by Crippen LogP contribution is 2.29. The van der Waals surface area contributed by atoms with Crippen LogP contribution in [-0.4, -0.2) is 42.5 Å². The Kier molecular flexibility index (Phi) is 3.24. The summed E-state index contributed by atoms with van der Waals surface area (Å²) in [6.45, 7) is 7.26. The molecule has 3 fully saturated rings. The molecule has 0 N–H and O–H groups in total. The standard InChI is InChI=1S/C14H22N2S/c1-11-3-6-14(17-11)10-16-8-12-4-5-13(16)9-15(2)7-12/h3,6,12-13H,4-5,7-10H2,1-2H3/t12-,13+/m0/s1. The fourth-order valence-electron chi connectivity index (χ4n) is 3.38. The highest BCUT2D eigenvalue weighted by molar-refractivity contribution is 7.11. The summed E-state index contributed by atoms with van der Waals surface area (Å²) < 4.78 is 0. The van der Waals surface area contributed by atoms with Gasteiger partial charge in [-0.3, -0.25) is 4.90 Å². The van der Waals surface area contributed by atoms with Crippen molar-refractivity contribution in [2.75, 3.05) is 26.7 Å². The Balaban J connectivity index is 1.71. The van der Waals surface area contributed by atoms with Crippen LogP contribution in [0.15, 0.2) is 12.1 Å². The molecule has 1 aromatic heterocycles. The molecule has 3 saturated heterocycles. The predicted molar refractivity (Wildman–Crippen MR) is 73.5 cm³/mol. The average Bonchev–Trinajstić information content (AvgIpc) is 2.52. The topological polar surface area (TPSA) is 6.48 Å². The monoisotopic (exact) mass is 250 g/mol. The van der Waals surface area contributed by atoms with Crippen molar-refractivity contribution < 1.29 is 0 Å². The van der Waals surface area contributed by atoms with Crippen LogP contribution in [0.25, 0.3) is 0 Å². The molecule has 0 radical (unpaired) electrons. The number of thiophene rings is 1. The van der Waals surface area contributed by atoms with E-state index in [-0.39, 0.29) is 0 Å². The molecule has 0 spiro atoms. The van der Waals surface area contributed by atoms with Gasteiger partial charge in [-0.05, 0) is 44.9 Å². The lowest BCUT2D eigenvalue weighted by Gasteiger charge is -2.35. The fourth-order valence-corrected chi connectivity index (χ4v) is 4.29. The normalized spacial score (nSPS) is 30.7. The van der Waals surface area contributed by atoms with Crippen molar-refractivity contribution in [3.8, 4) is 0 Å². The molecule has 3 heteroatoms. The van der Waals surface area contributed by atoms with Crippen LogP contribution in [0.5, 0.6) is 0 Å². The zero-order valence-corrected chi connectivity index (χ0v) is 11.7. The summed E-state index contributed by atoms with van der Waals surface area (Å²) in [6, 6.07) is 5.35. The Labute approximate surface area is 108 Å². The highest BCUT2D eigenvalue weighted by atomic mass is 32.1. The molecule has 3 aliphatic rings. The van der Waals surface area contributed by atoms with Crippen molar-refractivity contribution in [1.29, 1.82) is 0 Å². The van der Waals surface area contributed by atoms with E-state index in [0.29, 0.717) is 0 Å². The number of fused-ring (bicyclic) bond motifs is 4. The maximum atomic E-state index is 2.73. The van der Waals surface area contributed by atoms with Crippen LogP contribution in [0.2, 0.25) is 0 Å². The van der Waals surface area contributed by atoms with Crippen LogP contribution < -0.4 is 0 Å². The molecule has 0 saturated carbocycles. The van der Waals surface area contributed by atoms with Gasteiger partial charge < -0.3 is 4.90 Å². The third-order valence-corrected chi connectivity index (χ3v) is 5.15. The van der Waals surface area contributed by atoms with E-state index in [2.05, 4.69) is 35.9 Å². The zero-order chi connectivity index (χ0) is 11.8.